The number of rotatable bonds is 7. The Kier molecular flexibility index (Phi) is 7.15. The van der Waals surface area contributed by atoms with Crippen molar-refractivity contribution in [3.63, 3.8) is 0 Å². The number of carboxylic acid groups (broad SMARTS) is 1. The van der Waals surface area contributed by atoms with Crippen molar-refractivity contribution in [2.45, 2.75) is 11.0 Å². The van der Waals surface area contributed by atoms with Crippen LogP contribution in [0.4, 0.5) is 0 Å². The number of methoxy groups -OCH3 is 1. The molecule has 1 aromatic carbocycles. The van der Waals surface area contributed by atoms with Crippen molar-refractivity contribution in [2.75, 3.05) is 19.4 Å². The SMILES string of the molecule is COC(CNC(=O)CSc1cc(Cl)ccc1Cl)C(=O)O. The van der Waals surface area contributed by atoms with Crippen LogP contribution >= 0.6 is 35.0 Å². The largest absolute Gasteiger partial charge is 0.479 e. The third-order valence-electron chi connectivity index (χ3n) is 2.30. The summed E-state index contributed by atoms with van der Waals surface area (Å²) < 4.78 is 4.70. The Bertz CT molecular complexity index is 498. The quantitative estimate of drug-likeness (QED) is 0.746. The molecule has 8 heteroatoms. The van der Waals surface area contributed by atoms with E-state index >= 15 is 0 Å². The van der Waals surface area contributed by atoms with Crippen LogP contribution in [0.3, 0.4) is 0 Å². The number of ether oxygens (including phenoxy) is 1. The first-order chi connectivity index (χ1) is 9.43. The van der Waals surface area contributed by atoms with Gasteiger partial charge in [-0.3, -0.25) is 4.79 Å². The molecule has 0 bridgehead atoms. The molecule has 5 nitrogen and oxygen atoms in total. The molecule has 2 N–H and O–H groups in total. The van der Waals surface area contributed by atoms with Crippen molar-refractivity contribution in [2.24, 2.45) is 0 Å². The minimum atomic E-state index is -1.13. The second-order valence-electron chi connectivity index (χ2n) is 3.73. The maximum absolute atomic E-state index is 11.6. The molecular formula is C12H13Cl2NO4S. The van der Waals surface area contributed by atoms with Crippen LogP contribution < -0.4 is 5.32 Å². The predicted molar refractivity (Wildman–Crippen MR) is 78.6 cm³/mol. The van der Waals surface area contributed by atoms with E-state index in [-0.39, 0.29) is 18.2 Å². The van der Waals surface area contributed by atoms with Gasteiger partial charge in [0.15, 0.2) is 6.10 Å². The minimum Gasteiger partial charge on any atom is -0.479 e. The number of carbonyl (C=O) groups excluding carboxylic acids is 1. The smallest absolute Gasteiger partial charge is 0.334 e. The second-order valence-corrected chi connectivity index (χ2v) is 5.59. The van der Waals surface area contributed by atoms with Crippen LogP contribution in [0.15, 0.2) is 23.1 Å². The van der Waals surface area contributed by atoms with Gasteiger partial charge in [-0.25, -0.2) is 4.79 Å². The number of benzene rings is 1. The summed E-state index contributed by atoms with van der Waals surface area (Å²) in [7, 11) is 1.27. The number of nitrogens with one attached hydrogen (secondary N) is 1. The van der Waals surface area contributed by atoms with E-state index < -0.39 is 12.1 Å². The number of amides is 1. The molecule has 0 aliphatic heterocycles. The van der Waals surface area contributed by atoms with Crippen molar-refractivity contribution in [1.82, 2.24) is 5.32 Å². The van der Waals surface area contributed by atoms with Crippen LogP contribution in [0.1, 0.15) is 0 Å². The molecule has 0 aliphatic carbocycles. The van der Waals surface area contributed by atoms with Gasteiger partial charge in [-0.1, -0.05) is 23.2 Å². The topological polar surface area (TPSA) is 75.6 Å². The first kappa shape index (κ1) is 17.1. The second kappa shape index (κ2) is 8.36. The first-order valence-electron chi connectivity index (χ1n) is 5.54. The molecule has 0 heterocycles. The van der Waals surface area contributed by atoms with Gasteiger partial charge in [0.1, 0.15) is 0 Å². The number of aliphatic carboxylic acids is 1. The molecule has 20 heavy (non-hydrogen) atoms. The van der Waals surface area contributed by atoms with Crippen molar-refractivity contribution in [3.8, 4) is 0 Å². The summed E-state index contributed by atoms with van der Waals surface area (Å²) in [5, 5.41) is 12.3. The van der Waals surface area contributed by atoms with Gasteiger partial charge >= 0.3 is 5.97 Å². The Morgan fingerprint density at radius 1 is 1.45 bits per heavy atom. The Labute approximate surface area is 130 Å². The molecule has 1 amide bonds. The van der Waals surface area contributed by atoms with Gasteiger partial charge in [-0.05, 0) is 18.2 Å². The lowest BCUT2D eigenvalue weighted by atomic mass is 10.3. The fourth-order valence-electron chi connectivity index (χ4n) is 1.26. The third kappa shape index (κ3) is 5.58. The third-order valence-corrected chi connectivity index (χ3v) is 4.03. The number of carboxylic acids is 1. The van der Waals surface area contributed by atoms with Crippen LogP contribution in [-0.2, 0) is 14.3 Å². The van der Waals surface area contributed by atoms with E-state index in [9.17, 15) is 9.59 Å². The van der Waals surface area contributed by atoms with E-state index in [1.54, 1.807) is 18.2 Å². The fourth-order valence-corrected chi connectivity index (χ4v) is 2.58. The number of carbonyl (C=O) groups is 2. The molecule has 1 unspecified atom stereocenters. The lowest BCUT2D eigenvalue weighted by Crippen LogP contribution is -2.38. The average molecular weight is 338 g/mol. The van der Waals surface area contributed by atoms with E-state index in [0.29, 0.717) is 14.9 Å². The molecule has 0 spiro atoms. The molecule has 0 saturated heterocycles. The molecular weight excluding hydrogens is 325 g/mol. The van der Waals surface area contributed by atoms with Gasteiger partial charge in [0.2, 0.25) is 5.91 Å². The van der Waals surface area contributed by atoms with E-state index in [1.165, 1.54) is 18.9 Å². The highest BCUT2D eigenvalue weighted by Crippen LogP contribution is 2.29. The summed E-state index contributed by atoms with van der Waals surface area (Å²) in [5.74, 6) is -1.33. The van der Waals surface area contributed by atoms with Crippen molar-refractivity contribution >= 4 is 46.8 Å². The maximum atomic E-state index is 11.6. The summed E-state index contributed by atoms with van der Waals surface area (Å²) in [6.07, 6.45) is -1.06. The number of hydrogen-bond acceptors (Lipinski definition) is 4. The predicted octanol–water partition coefficient (Wildman–Crippen LogP) is 2.30. The van der Waals surface area contributed by atoms with Crippen molar-refractivity contribution in [3.05, 3.63) is 28.2 Å². The van der Waals surface area contributed by atoms with E-state index in [1.807, 2.05) is 0 Å². The Hall–Kier alpha value is -0.950. The summed E-state index contributed by atoms with van der Waals surface area (Å²) in [6.45, 7) is -0.0888. The number of thioether (sulfide) groups is 1. The lowest BCUT2D eigenvalue weighted by molar-refractivity contribution is -0.148. The minimum absolute atomic E-state index is 0.0888. The maximum Gasteiger partial charge on any atom is 0.334 e. The van der Waals surface area contributed by atoms with Gasteiger partial charge in [0.25, 0.3) is 0 Å². The molecule has 0 radical (unpaired) electrons. The zero-order chi connectivity index (χ0) is 15.1. The van der Waals surface area contributed by atoms with Crippen LogP contribution in [0.25, 0.3) is 0 Å². The Balaban J connectivity index is 2.43. The van der Waals surface area contributed by atoms with Gasteiger partial charge < -0.3 is 15.2 Å². The molecule has 1 rings (SSSR count). The van der Waals surface area contributed by atoms with Crippen LogP contribution in [0.2, 0.25) is 10.0 Å². The van der Waals surface area contributed by atoms with E-state index in [2.05, 4.69) is 5.32 Å². The number of halogens is 2. The Morgan fingerprint density at radius 3 is 2.75 bits per heavy atom. The van der Waals surface area contributed by atoms with Gasteiger partial charge in [-0.15, -0.1) is 11.8 Å². The summed E-state index contributed by atoms with van der Waals surface area (Å²) in [5.41, 5.74) is 0. The summed E-state index contributed by atoms with van der Waals surface area (Å²) >= 11 is 13.0. The molecule has 110 valence electrons. The average Bonchev–Trinajstić information content (AvgIpc) is 2.40. The van der Waals surface area contributed by atoms with E-state index in [4.69, 9.17) is 33.0 Å². The highest BCUT2D eigenvalue weighted by atomic mass is 35.5. The van der Waals surface area contributed by atoms with Gasteiger partial charge in [0, 0.05) is 17.0 Å². The van der Waals surface area contributed by atoms with Crippen LogP contribution in [-0.4, -0.2) is 42.5 Å². The zero-order valence-electron chi connectivity index (χ0n) is 10.6. The summed E-state index contributed by atoms with van der Waals surface area (Å²) in [6, 6.07) is 4.97. The van der Waals surface area contributed by atoms with E-state index in [0.717, 1.165) is 0 Å². The lowest BCUT2D eigenvalue weighted by Gasteiger charge is -2.11. The molecule has 0 saturated carbocycles. The standard InChI is InChI=1S/C12H13Cl2NO4S/c1-19-9(12(17)18)5-15-11(16)6-20-10-4-7(13)2-3-8(10)14/h2-4,9H,5-6H2,1H3,(H,15,16)(H,17,18). The molecule has 0 aliphatic rings. The van der Waals surface area contributed by atoms with Crippen molar-refractivity contribution < 1.29 is 19.4 Å². The first-order valence-corrected chi connectivity index (χ1v) is 7.28. The summed E-state index contributed by atoms with van der Waals surface area (Å²) in [4.78, 5) is 23.0. The fraction of sp³-hybridized carbons (Fsp3) is 0.333. The molecule has 0 aromatic heterocycles. The molecule has 1 atom stereocenters. The van der Waals surface area contributed by atoms with Crippen molar-refractivity contribution in [1.29, 1.82) is 0 Å². The van der Waals surface area contributed by atoms with Gasteiger partial charge in [0.05, 0.1) is 17.3 Å². The highest BCUT2D eigenvalue weighted by molar-refractivity contribution is 8.00. The zero-order valence-corrected chi connectivity index (χ0v) is 12.9. The molecule has 0 fully saturated rings. The monoisotopic (exact) mass is 337 g/mol. The Morgan fingerprint density at radius 2 is 2.15 bits per heavy atom. The normalized spacial score (nSPS) is 11.9. The number of hydrogen-bond donors (Lipinski definition) is 2. The van der Waals surface area contributed by atoms with Crippen LogP contribution in [0, 0.1) is 0 Å². The molecule has 1 aromatic rings. The highest BCUT2D eigenvalue weighted by Gasteiger charge is 2.17. The van der Waals surface area contributed by atoms with Gasteiger partial charge in [-0.2, -0.15) is 0 Å². The van der Waals surface area contributed by atoms with Crippen LogP contribution in [0.5, 0.6) is 0 Å².